The van der Waals surface area contributed by atoms with Gasteiger partial charge in [-0.05, 0) is 61.7 Å². The van der Waals surface area contributed by atoms with Crippen molar-refractivity contribution in [2.45, 2.75) is 25.3 Å². The number of amides is 2. The highest BCUT2D eigenvalue weighted by molar-refractivity contribution is 6.05. The molecule has 0 saturated carbocycles. The molecule has 2 fully saturated rings. The van der Waals surface area contributed by atoms with Crippen molar-refractivity contribution in [3.63, 3.8) is 0 Å². The first kappa shape index (κ1) is 19.7. The Balaban J connectivity index is 1.27. The van der Waals surface area contributed by atoms with Gasteiger partial charge in [0.2, 0.25) is 5.91 Å². The van der Waals surface area contributed by atoms with E-state index in [0.717, 1.165) is 61.7 Å². The summed E-state index contributed by atoms with van der Waals surface area (Å²) in [6, 6.07) is 13.7. The quantitative estimate of drug-likeness (QED) is 0.827. The minimum Gasteiger partial charge on any atom is -0.497 e. The number of benzene rings is 2. The minimum absolute atomic E-state index is 0.0206. The van der Waals surface area contributed by atoms with Gasteiger partial charge in [0.1, 0.15) is 11.8 Å². The van der Waals surface area contributed by atoms with Gasteiger partial charge in [0.15, 0.2) is 0 Å². The second kappa shape index (κ2) is 8.13. The minimum atomic E-state index is -0.0752. The van der Waals surface area contributed by atoms with Gasteiger partial charge in [-0.15, -0.1) is 0 Å². The molecular weight excluding hydrogens is 392 g/mol. The Hall–Kier alpha value is -3.22. The average Bonchev–Trinajstić information content (AvgIpc) is 2.83. The molecule has 0 aliphatic carbocycles. The van der Waals surface area contributed by atoms with Crippen molar-refractivity contribution in [3.05, 3.63) is 48.0 Å². The lowest BCUT2D eigenvalue weighted by molar-refractivity contribution is -0.118. The second-order valence-electron chi connectivity index (χ2n) is 8.40. The lowest BCUT2D eigenvalue weighted by atomic mass is 9.96. The molecule has 1 atom stereocenters. The summed E-state index contributed by atoms with van der Waals surface area (Å²) in [6.07, 6.45) is 3.08. The normalized spacial score (nSPS) is 20.6. The van der Waals surface area contributed by atoms with E-state index in [1.54, 1.807) is 7.11 Å². The summed E-state index contributed by atoms with van der Waals surface area (Å²) in [4.78, 5) is 32.0. The predicted octanol–water partition coefficient (Wildman–Crippen LogP) is 2.97. The molecule has 0 spiro atoms. The van der Waals surface area contributed by atoms with Gasteiger partial charge in [0.25, 0.3) is 5.91 Å². The number of anilines is 3. The highest BCUT2D eigenvalue weighted by Crippen LogP contribution is 2.36. The number of piperidine rings is 1. The van der Waals surface area contributed by atoms with Crippen LogP contribution >= 0.6 is 0 Å². The molecule has 7 heteroatoms. The molecule has 2 saturated heterocycles. The molecule has 3 aliphatic rings. The number of methoxy groups -OCH3 is 1. The predicted molar refractivity (Wildman–Crippen MR) is 121 cm³/mol. The number of ether oxygens (including phenoxy) is 1. The molecule has 3 heterocycles. The molecule has 31 heavy (non-hydrogen) atoms. The zero-order chi connectivity index (χ0) is 21.4. The van der Waals surface area contributed by atoms with E-state index >= 15 is 0 Å². The van der Waals surface area contributed by atoms with Gasteiger partial charge in [-0.1, -0.05) is 0 Å². The number of rotatable bonds is 3. The maximum Gasteiger partial charge on any atom is 0.254 e. The van der Waals surface area contributed by atoms with Crippen molar-refractivity contribution in [3.8, 4) is 5.75 Å². The van der Waals surface area contributed by atoms with Crippen LogP contribution < -0.4 is 19.9 Å². The molecule has 0 unspecified atom stereocenters. The summed E-state index contributed by atoms with van der Waals surface area (Å²) in [6.45, 7) is 3.81. The number of fused-ring (bicyclic) bond motifs is 3. The highest BCUT2D eigenvalue weighted by atomic mass is 16.5. The van der Waals surface area contributed by atoms with Crippen LogP contribution in [-0.4, -0.2) is 62.6 Å². The molecule has 3 aliphatic heterocycles. The molecule has 2 aromatic carbocycles. The van der Waals surface area contributed by atoms with Gasteiger partial charge in [0.05, 0.1) is 18.5 Å². The summed E-state index contributed by atoms with van der Waals surface area (Å²) >= 11 is 0. The molecule has 0 radical (unpaired) electrons. The zero-order valence-electron chi connectivity index (χ0n) is 17.8. The van der Waals surface area contributed by atoms with Crippen LogP contribution in [0.3, 0.4) is 0 Å². The second-order valence-corrected chi connectivity index (χ2v) is 8.40. The SMILES string of the molecule is COc1ccc(N2CCN(C(=O)c3ccc4c(c3)NC(=O)[C@@H]3CCCCN43)CC2)cc1. The molecule has 0 aromatic heterocycles. The van der Waals surface area contributed by atoms with Crippen molar-refractivity contribution >= 4 is 28.9 Å². The summed E-state index contributed by atoms with van der Waals surface area (Å²) in [7, 11) is 1.66. The fraction of sp³-hybridized carbons (Fsp3) is 0.417. The number of hydrogen-bond donors (Lipinski definition) is 1. The highest BCUT2D eigenvalue weighted by Gasteiger charge is 2.35. The van der Waals surface area contributed by atoms with E-state index < -0.39 is 0 Å². The third-order valence-corrected chi connectivity index (χ3v) is 6.62. The van der Waals surface area contributed by atoms with Crippen LogP contribution in [0.15, 0.2) is 42.5 Å². The van der Waals surface area contributed by atoms with E-state index in [4.69, 9.17) is 4.74 Å². The van der Waals surface area contributed by atoms with Gasteiger partial charge >= 0.3 is 0 Å². The topological polar surface area (TPSA) is 65.1 Å². The van der Waals surface area contributed by atoms with Gasteiger partial charge in [-0.3, -0.25) is 9.59 Å². The standard InChI is InChI=1S/C24H28N4O3/c1-31-19-8-6-18(7-9-19)26-12-14-27(15-13-26)24(30)17-5-10-21-20(16-17)25-23(29)22-4-2-3-11-28(21)22/h5-10,16,22H,2-4,11-15H2,1H3,(H,25,29)/t22-/m0/s1. The maximum absolute atomic E-state index is 13.1. The van der Waals surface area contributed by atoms with E-state index in [9.17, 15) is 9.59 Å². The Labute approximate surface area is 182 Å². The zero-order valence-corrected chi connectivity index (χ0v) is 17.8. The van der Waals surface area contributed by atoms with Crippen molar-refractivity contribution < 1.29 is 14.3 Å². The Morgan fingerprint density at radius 2 is 1.77 bits per heavy atom. The van der Waals surface area contributed by atoms with E-state index in [1.807, 2.05) is 35.2 Å². The summed E-state index contributed by atoms with van der Waals surface area (Å²) in [5, 5.41) is 3.03. The van der Waals surface area contributed by atoms with Gasteiger partial charge in [-0.25, -0.2) is 0 Å². The van der Waals surface area contributed by atoms with E-state index in [2.05, 4.69) is 27.2 Å². The molecule has 5 rings (SSSR count). The van der Waals surface area contributed by atoms with Crippen LogP contribution in [0, 0.1) is 0 Å². The van der Waals surface area contributed by atoms with Crippen LogP contribution in [0.4, 0.5) is 17.1 Å². The average molecular weight is 421 g/mol. The largest absolute Gasteiger partial charge is 0.497 e. The molecule has 7 nitrogen and oxygen atoms in total. The van der Waals surface area contributed by atoms with E-state index in [0.29, 0.717) is 18.7 Å². The fourth-order valence-corrected chi connectivity index (χ4v) is 4.87. The van der Waals surface area contributed by atoms with Gasteiger partial charge in [-0.2, -0.15) is 0 Å². The van der Waals surface area contributed by atoms with Crippen molar-refractivity contribution in [1.82, 2.24) is 4.90 Å². The van der Waals surface area contributed by atoms with Crippen molar-refractivity contribution in [2.75, 3.05) is 55.0 Å². The number of piperazine rings is 1. The maximum atomic E-state index is 13.1. The third kappa shape index (κ3) is 3.69. The molecule has 1 N–H and O–H groups in total. The van der Waals surface area contributed by atoms with Crippen molar-refractivity contribution in [1.29, 1.82) is 0 Å². The summed E-state index contributed by atoms with van der Waals surface area (Å²) in [5.41, 5.74) is 3.56. The first-order valence-electron chi connectivity index (χ1n) is 11.0. The number of carbonyl (C=O) groups excluding carboxylic acids is 2. The number of nitrogens with one attached hydrogen (secondary N) is 1. The van der Waals surface area contributed by atoms with Crippen molar-refractivity contribution in [2.24, 2.45) is 0 Å². The summed E-state index contributed by atoms with van der Waals surface area (Å²) in [5.74, 6) is 0.907. The Morgan fingerprint density at radius 1 is 1.00 bits per heavy atom. The monoisotopic (exact) mass is 420 g/mol. The first-order chi connectivity index (χ1) is 15.1. The van der Waals surface area contributed by atoms with Crippen LogP contribution in [0.5, 0.6) is 5.75 Å². The molecule has 162 valence electrons. The van der Waals surface area contributed by atoms with E-state index in [1.165, 1.54) is 0 Å². The van der Waals surface area contributed by atoms with Crippen LogP contribution in [0.25, 0.3) is 0 Å². The Morgan fingerprint density at radius 3 is 2.52 bits per heavy atom. The lowest BCUT2D eigenvalue weighted by Crippen LogP contribution is -2.50. The van der Waals surface area contributed by atoms with Crippen LogP contribution in [0.2, 0.25) is 0 Å². The smallest absolute Gasteiger partial charge is 0.254 e. The van der Waals surface area contributed by atoms with Crippen LogP contribution in [0.1, 0.15) is 29.6 Å². The van der Waals surface area contributed by atoms with Crippen LogP contribution in [-0.2, 0) is 4.79 Å². The first-order valence-corrected chi connectivity index (χ1v) is 11.0. The number of hydrogen-bond acceptors (Lipinski definition) is 5. The fourth-order valence-electron chi connectivity index (χ4n) is 4.87. The third-order valence-electron chi connectivity index (χ3n) is 6.62. The molecule has 2 aromatic rings. The Kier molecular flexibility index (Phi) is 5.18. The summed E-state index contributed by atoms with van der Waals surface area (Å²) < 4.78 is 5.23. The number of nitrogens with zero attached hydrogens (tertiary/aromatic N) is 3. The molecular formula is C24H28N4O3. The van der Waals surface area contributed by atoms with Gasteiger partial charge < -0.3 is 24.8 Å². The number of carbonyl (C=O) groups is 2. The molecule has 0 bridgehead atoms. The van der Waals surface area contributed by atoms with E-state index in [-0.39, 0.29) is 17.9 Å². The lowest BCUT2D eigenvalue weighted by Gasteiger charge is -2.41. The molecule has 2 amide bonds. The van der Waals surface area contributed by atoms with Gasteiger partial charge in [0, 0.05) is 44.0 Å². The Bertz CT molecular complexity index is 983.